The molecule has 1 saturated heterocycles. The highest BCUT2D eigenvalue weighted by Gasteiger charge is 2.30. The van der Waals surface area contributed by atoms with E-state index in [-0.39, 0.29) is 23.9 Å². The van der Waals surface area contributed by atoms with Crippen LogP contribution in [0, 0.1) is 5.92 Å². The number of aliphatic imine (C=N–C) groups is 1. The fourth-order valence-corrected chi connectivity index (χ4v) is 4.99. The van der Waals surface area contributed by atoms with Gasteiger partial charge in [-0.3, -0.25) is 9.79 Å². The van der Waals surface area contributed by atoms with E-state index in [0.29, 0.717) is 25.5 Å². The number of nitrogens with one attached hydrogen (secondary N) is 1. The molecule has 1 fully saturated rings. The Morgan fingerprint density at radius 3 is 2.90 bits per heavy atom. The fraction of sp³-hybridized carbons (Fsp3) is 0.385. The molecule has 1 unspecified atom stereocenters. The third-order valence-corrected chi connectivity index (χ3v) is 6.60. The summed E-state index contributed by atoms with van der Waals surface area (Å²) in [5.41, 5.74) is 4.41. The number of fused-ring (bicyclic) bond motifs is 2. The van der Waals surface area contributed by atoms with E-state index < -0.39 is 0 Å². The molecule has 1 aromatic heterocycles. The van der Waals surface area contributed by atoms with E-state index in [2.05, 4.69) is 35.5 Å². The standard InChI is InChI=1S/C26H29N3O2/c1-2-29(26(30)25-14-20-8-4-6-10-23(20)28-25)21-13-18(16-31-17-21)15-27-24-12-11-19-7-3-5-9-22(19)24/h3-10,14-15,18,21,24,28H,2,11-13,16-17H2,1H3/b27-15+/t18?,21-,24-/m1/s1. The SMILES string of the molecule is CCN(C(=O)c1cc2ccccc2[nH]1)[C@H]1COCC(/C=N/[C@@H]2CCc3ccccc32)C1. The molecule has 3 atom stereocenters. The number of nitrogens with zero attached hydrogens (tertiary/aromatic N) is 2. The van der Waals surface area contributed by atoms with Gasteiger partial charge in [0.1, 0.15) is 5.69 Å². The zero-order valence-electron chi connectivity index (χ0n) is 18.0. The Bertz CT molecular complexity index is 1070. The first kappa shape index (κ1) is 20.0. The van der Waals surface area contributed by atoms with Crippen LogP contribution in [0.1, 0.15) is 47.4 Å². The van der Waals surface area contributed by atoms with E-state index in [9.17, 15) is 4.79 Å². The van der Waals surface area contributed by atoms with Crippen molar-refractivity contribution in [1.82, 2.24) is 9.88 Å². The third kappa shape index (κ3) is 4.02. The normalized spacial score (nSPS) is 23.3. The highest BCUT2D eigenvalue weighted by atomic mass is 16.5. The first-order valence-corrected chi connectivity index (χ1v) is 11.3. The summed E-state index contributed by atoms with van der Waals surface area (Å²) in [5.74, 6) is 0.269. The molecule has 0 radical (unpaired) electrons. The Kier molecular flexibility index (Phi) is 5.60. The minimum atomic E-state index is 0.0367. The summed E-state index contributed by atoms with van der Waals surface area (Å²) in [4.78, 5) is 23.4. The summed E-state index contributed by atoms with van der Waals surface area (Å²) in [7, 11) is 0. The zero-order chi connectivity index (χ0) is 21.2. The molecule has 31 heavy (non-hydrogen) atoms. The molecule has 2 aliphatic rings. The lowest BCUT2D eigenvalue weighted by atomic mass is 9.97. The molecule has 1 aliphatic carbocycles. The largest absolute Gasteiger partial charge is 0.379 e. The van der Waals surface area contributed by atoms with Crippen molar-refractivity contribution in [2.24, 2.45) is 10.9 Å². The summed E-state index contributed by atoms with van der Waals surface area (Å²) in [6.07, 6.45) is 5.15. The molecule has 1 N–H and O–H groups in total. The number of para-hydroxylation sites is 1. The van der Waals surface area contributed by atoms with Crippen molar-refractivity contribution in [2.45, 2.75) is 38.3 Å². The highest BCUT2D eigenvalue weighted by Crippen LogP contribution is 2.34. The summed E-state index contributed by atoms with van der Waals surface area (Å²) in [5, 5.41) is 1.06. The van der Waals surface area contributed by atoms with Gasteiger partial charge in [-0.15, -0.1) is 0 Å². The van der Waals surface area contributed by atoms with Crippen LogP contribution >= 0.6 is 0 Å². The van der Waals surface area contributed by atoms with Crippen LogP contribution in [0.2, 0.25) is 0 Å². The number of rotatable bonds is 5. The van der Waals surface area contributed by atoms with Crippen LogP contribution in [0.5, 0.6) is 0 Å². The van der Waals surface area contributed by atoms with Crippen molar-refractivity contribution < 1.29 is 9.53 Å². The van der Waals surface area contributed by atoms with Crippen molar-refractivity contribution >= 4 is 23.0 Å². The predicted molar refractivity (Wildman–Crippen MR) is 124 cm³/mol. The van der Waals surface area contributed by atoms with Gasteiger partial charge in [0, 0.05) is 29.6 Å². The Morgan fingerprint density at radius 2 is 2.03 bits per heavy atom. The predicted octanol–water partition coefficient (Wildman–Crippen LogP) is 4.79. The second-order valence-electron chi connectivity index (χ2n) is 8.60. The lowest BCUT2D eigenvalue weighted by Crippen LogP contribution is -2.47. The first-order valence-electron chi connectivity index (χ1n) is 11.3. The van der Waals surface area contributed by atoms with Crippen LogP contribution in [0.15, 0.2) is 59.6 Å². The van der Waals surface area contributed by atoms with Crippen LogP contribution in [-0.4, -0.2) is 47.8 Å². The number of carbonyl (C=O) groups excluding carboxylic acids is 1. The van der Waals surface area contributed by atoms with Crippen molar-refractivity contribution in [3.8, 4) is 0 Å². The van der Waals surface area contributed by atoms with Gasteiger partial charge in [0.05, 0.1) is 25.3 Å². The van der Waals surface area contributed by atoms with Crippen LogP contribution < -0.4 is 0 Å². The number of carbonyl (C=O) groups is 1. The number of hydrogen-bond donors (Lipinski definition) is 1. The van der Waals surface area contributed by atoms with E-state index in [4.69, 9.17) is 9.73 Å². The van der Waals surface area contributed by atoms with E-state index in [1.54, 1.807) is 0 Å². The minimum Gasteiger partial charge on any atom is -0.379 e. The fourth-order valence-electron chi connectivity index (χ4n) is 4.99. The Balaban J connectivity index is 1.28. The summed E-state index contributed by atoms with van der Waals surface area (Å²) in [6.45, 7) is 3.94. The molecule has 5 nitrogen and oxygen atoms in total. The molecule has 160 valence electrons. The van der Waals surface area contributed by atoms with E-state index in [1.165, 1.54) is 11.1 Å². The molecule has 3 aromatic rings. The van der Waals surface area contributed by atoms with Crippen LogP contribution in [0.25, 0.3) is 10.9 Å². The van der Waals surface area contributed by atoms with Crippen LogP contribution in [-0.2, 0) is 11.2 Å². The van der Waals surface area contributed by atoms with E-state index in [0.717, 1.165) is 30.2 Å². The molecule has 0 saturated carbocycles. The molecule has 5 rings (SSSR count). The van der Waals surface area contributed by atoms with Gasteiger partial charge in [-0.2, -0.15) is 0 Å². The second kappa shape index (κ2) is 8.67. The number of aromatic amines is 1. The topological polar surface area (TPSA) is 57.7 Å². The first-order chi connectivity index (χ1) is 15.2. The van der Waals surface area contributed by atoms with Crippen molar-refractivity contribution in [1.29, 1.82) is 0 Å². The molecule has 0 spiro atoms. The molecule has 0 bridgehead atoms. The van der Waals surface area contributed by atoms with Crippen molar-refractivity contribution in [3.63, 3.8) is 0 Å². The lowest BCUT2D eigenvalue weighted by molar-refractivity contribution is 0.00670. The van der Waals surface area contributed by atoms with Crippen LogP contribution in [0.3, 0.4) is 0 Å². The molecule has 1 amide bonds. The van der Waals surface area contributed by atoms with Gasteiger partial charge >= 0.3 is 0 Å². The number of hydrogen-bond acceptors (Lipinski definition) is 3. The quantitative estimate of drug-likeness (QED) is 0.609. The molecular formula is C26H29N3O2. The van der Waals surface area contributed by atoms with Gasteiger partial charge in [-0.1, -0.05) is 42.5 Å². The summed E-state index contributed by atoms with van der Waals surface area (Å²) >= 11 is 0. The molecule has 5 heteroatoms. The van der Waals surface area contributed by atoms with E-state index >= 15 is 0 Å². The average molecular weight is 416 g/mol. The monoisotopic (exact) mass is 415 g/mol. The second-order valence-corrected chi connectivity index (χ2v) is 8.60. The maximum atomic E-state index is 13.3. The molecule has 1 aliphatic heterocycles. The van der Waals surface area contributed by atoms with Crippen LogP contribution in [0.4, 0.5) is 0 Å². The van der Waals surface area contributed by atoms with Gasteiger partial charge in [-0.05, 0) is 49.4 Å². The minimum absolute atomic E-state index is 0.0367. The van der Waals surface area contributed by atoms with Gasteiger partial charge in [0.25, 0.3) is 5.91 Å². The Morgan fingerprint density at radius 1 is 1.19 bits per heavy atom. The number of likely N-dealkylation sites (N-methyl/N-ethyl adjacent to an activating group) is 1. The van der Waals surface area contributed by atoms with Gasteiger partial charge in [-0.25, -0.2) is 0 Å². The molecular weight excluding hydrogens is 386 g/mol. The third-order valence-electron chi connectivity index (χ3n) is 6.60. The highest BCUT2D eigenvalue weighted by molar-refractivity contribution is 5.98. The number of H-pyrrole nitrogens is 1. The Hall–Kier alpha value is -2.92. The van der Waals surface area contributed by atoms with Gasteiger partial charge < -0.3 is 14.6 Å². The number of ether oxygens (including phenoxy) is 1. The number of aromatic nitrogens is 1. The smallest absolute Gasteiger partial charge is 0.270 e. The van der Waals surface area contributed by atoms with Gasteiger partial charge in [0.15, 0.2) is 0 Å². The molecule has 2 aromatic carbocycles. The summed E-state index contributed by atoms with van der Waals surface area (Å²) < 4.78 is 5.91. The van der Waals surface area contributed by atoms with Crippen molar-refractivity contribution in [2.75, 3.05) is 19.8 Å². The maximum Gasteiger partial charge on any atom is 0.270 e. The maximum absolute atomic E-state index is 13.3. The number of aryl methyl sites for hydroxylation is 1. The van der Waals surface area contributed by atoms with Gasteiger partial charge in [0.2, 0.25) is 0 Å². The van der Waals surface area contributed by atoms with E-state index in [1.807, 2.05) is 42.2 Å². The summed E-state index contributed by atoms with van der Waals surface area (Å²) in [6, 6.07) is 18.9. The number of amides is 1. The number of benzene rings is 2. The molecule has 2 heterocycles. The van der Waals surface area contributed by atoms with Crippen molar-refractivity contribution in [3.05, 3.63) is 71.4 Å². The average Bonchev–Trinajstić information content (AvgIpc) is 3.43. The Labute approximate surface area is 183 Å². The zero-order valence-corrected chi connectivity index (χ0v) is 18.0. The lowest BCUT2D eigenvalue weighted by Gasteiger charge is -2.35.